The van der Waals surface area contributed by atoms with E-state index in [1.807, 2.05) is 0 Å². The molecule has 1 heterocycles. The van der Waals surface area contributed by atoms with Crippen LogP contribution >= 0.6 is 47.0 Å². The van der Waals surface area contributed by atoms with Gasteiger partial charge in [-0.3, -0.25) is 9.59 Å². The predicted octanol–water partition coefficient (Wildman–Crippen LogP) is 0.958. The molecule has 5 N–H and O–H groups in total. The Balaban J connectivity index is 2.83. The molecule has 1 aromatic rings. The van der Waals surface area contributed by atoms with Crippen molar-refractivity contribution in [1.29, 1.82) is 0 Å². The SMILES string of the molecule is CC(O)N1C(=O)c2c(SCCO)c(SCCO)c(SCCO)c(SCCO)c2C1=O. The van der Waals surface area contributed by atoms with Crippen LogP contribution in [0.5, 0.6) is 0 Å². The normalized spacial score (nSPS) is 14.5. The third kappa shape index (κ3) is 5.48. The molecule has 2 rings (SSSR count). The number of benzene rings is 1. The number of carbonyl (C=O) groups excluding carboxylic acids is 2. The molecule has 0 aliphatic carbocycles. The van der Waals surface area contributed by atoms with Crippen LogP contribution in [0.15, 0.2) is 19.6 Å². The first-order chi connectivity index (χ1) is 14.4. The summed E-state index contributed by atoms with van der Waals surface area (Å²) in [5.41, 5.74) is 0.349. The van der Waals surface area contributed by atoms with Gasteiger partial charge >= 0.3 is 0 Å². The van der Waals surface area contributed by atoms with Crippen LogP contribution in [0.2, 0.25) is 0 Å². The lowest BCUT2D eigenvalue weighted by Gasteiger charge is -2.20. The third-order valence-electron chi connectivity index (χ3n) is 3.91. The van der Waals surface area contributed by atoms with Crippen LogP contribution in [-0.4, -0.2) is 97.9 Å². The molecule has 168 valence electrons. The molecule has 1 aromatic carbocycles. The van der Waals surface area contributed by atoms with Gasteiger partial charge in [0, 0.05) is 42.6 Å². The number of aliphatic hydroxyl groups is 5. The summed E-state index contributed by atoms with van der Waals surface area (Å²) in [5.74, 6) is 0.0711. The molecule has 0 bridgehead atoms. The largest absolute Gasteiger partial charge is 0.396 e. The fraction of sp³-hybridized carbons (Fsp3) is 0.556. The van der Waals surface area contributed by atoms with Gasteiger partial charge < -0.3 is 25.5 Å². The number of amides is 2. The fourth-order valence-corrected chi connectivity index (χ4v) is 7.31. The Morgan fingerprint density at radius 1 is 0.667 bits per heavy atom. The summed E-state index contributed by atoms with van der Waals surface area (Å²) in [4.78, 5) is 29.5. The van der Waals surface area contributed by atoms with Gasteiger partial charge in [0.25, 0.3) is 11.8 Å². The average Bonchev–Trinajstić information content (AvgIpc) is 2.98. The second-order valence-corrected chi connectivity index (χ2v) is 10.4. The smallest absolute Gasteiger partial charge is 0.264 e. The van der Waals surface area contributed by atoms with Crippen molar-refractivity contribution in [3.63, 3.8) is 0 Å². The number of hydrogen-bond acceptors (Lipinski definition) is 11. The van der Waals surface area contributed by atoms with E-state index in [1.165, 1.54) is 54.0 Å². The number of carbonyl (C=O) groups is 2. The van der Waals surface area contributed by atoms with E-state index < -0.39 is 18.0 Å². The predicted molar refractivity (Wildman–Crippen MR) is 120 cm³/mol. The second-order valence-electron chi connectivity index (χ2n) is 5.97. The van der Waals surface area contributed by atoms with E-state index in [4.69, 9.17) is 0 Å². The molecule has 12 heteroatoms. The van der Waals surface area contributed by atoms with Gasteiger partial charge in [-0.15, -0.1) is 47.0 Å². The molecule has 8 nitrogen and oxygen atoms in total. The average molecular weight is 496 g/mol. The van der Waals surface area contributed by atoms with Crippen LogP contribution in [-0.2, 0) is 0 Å². The molecule has 0 aromatic heterocycles. The maximum Gasteiger partial charge on any atom is 0.264 e. The van der Waals surface area contributed by atoms with Crippen LogP contribution in [0, 0.1) is 0 Å². The number of imide groups is 1. The number of hydrogen-bond donors (Lipinski definition) is 5. The molecule has 1 atom stereocenters. The van der Waals surface area contributed by atoms with Gasteiger partial charge in [0.1, 0.15) is 6.23 Å². The first-order valence-corrected chi connectivity index (χ1v) is 13.1. The minimum Gasteiger partial charge on any atom is -0.396 e. The van der Waals surface area contributed by atoms with Gasteiger partial charge in [0.15, 0.2) is 0 Å². The van der Waals surface area contributed by atoms with E-state index in [0.717, 1.165) is 4.90 Å². The highest BCUT2D eigenvalue weighted by Gasteiger charge is 2.44. The summed E-state index contributed by atoms with van der Waals surface area (Å²) >= 11 is 5.12. The van der Waals surface area contributed by atoms with Crippen LogP contribution in [0.25, 0.3) is 0 Å². The van der Waals surface area contributed by atoms with Crippen molar-refractivity contribution >= 4 is 58.9 Å². The second kappa shape index (κ2) is 12.6. The van der Waals surface area contributed by atoms with Crippen molar-refractivity contribution < 1.29 is 35.1 Å². The third-order valence-corrected chi connectivity index (χ3v) is 8.63. The quantitative estimate of drug-likeness (QED) is 0.197. The van der Waals surface area contributed by atoms with Gasteiger partial charge in [0.05, 0.1) is 37.6 Å². The standard InChI is InChI=1S/C18H25NO7S4/c1-10(24)19-17(25)11-12(18(19)26)14(28-7-3-21)16(30-9-5-23)15(29-8-4-22)13(11)27-6-2-20/h10,20-24H,2-9H2,1H3. The lowest BCUT2D eigenvalue weighted by atomic mass is 10.1. The van der Waals surface area contributed by atoms with Gasteiger partial charge in [0.2, 0.25) is 0 Å². The van der Waals surface area contributed by atoms with Gasteiger partial charge in [-0.25, -0.2) is 4.90 Å². The molecule has 0 fully saturated rings. The molecular formula is C18H25NO7S4. The highest BCUT2D eigenvalue weighted by atomic mass is 32.2. The van der Waals surface area contributed by atoms with Crippen LogP contribution < -0.4 is 0 Å². The Hall–Kier alpha value is -0.440. The molecule has 2 amide bonds. The summed E-state index contributed by atoms with van der Waals surface area (Å²) in [6.07, 6.45) is -1.31. The number of nitrogens with zero attached hydrogens (tertiary/aromatic N) is 1. The first kappa shape index (κ1) is 25.8. The maximum atomic E-state index is 13.1. The summed E-state index contributed by atoms with van der Waals surface area (Å²) < 4.78 is 0. The topological polar surface area (TPSA) is 139 Å². The van der Waals surface area contributed by atoms with Crippen molar-refractivity contribution in [2.45, 2.75) is 32.7 Å². The Morgan fingerprint density at radius 2 is 0.967 bits per heavy atom. The molecule has 1 unspecified atom stereocenters. The van der Waals surface area contributed by atoms with E-state index >= 15 is 0 Å². The number of fused-ring (bicyclic) bond motifs is 1. The zero-order valence-electron chi connectivity index (χ0n) is 16.4. The van der Waals surface area contributed by atoms with E-state index in [2.05, 4.69) is 0 Å². The maximum absolute atomic E-state index is 13.1. The van der Waals surface area contributed by atoms with Crippen molar-refractivity contribution in [1.82, 2.24) is 4.90 Å². The molecule has 0 radical (unpaired) electrons. The Kier molecular flexibility index (Phi) is 10.8. The Labute approximate surface area is 191 Å². The summed E-state index contributed by atoms with van der Waals surface area (Å²) in [6, 6.07) is 0. The molecule has 30 heavy (non-hydrogen) atoms. The van der Waals surface area contributed by atoms with Crippen LogP contribution in [0.4, 0.5) is 0 Å². The lowest BCUT2D eigenvalue weighted by molar-refractivity contribution is 0.0211. The minimum atomic E-state index is -1.31. The molecular weight excluding hydrogens is 470 g/mol. The van der Waals surface area contributed by atoms with Gasteiger partial charge in [-0.05, 0) is 6.92 Å². The van der Waals surface area contributed by atoms with Crippen LogP contribution in [0.3, 0.4) is 0 Å². The van der Waals surface area contributed by atoms with Gasteiger partial charge in [-0.2, -0.15) is 0 Å². The summed E-state index contributed by atoms with van der Waals surface area (Å²) in [6.45, 7) is 0.882. The summed E-state index contributed by atoms with van der Waals surface area (Å²) in [7, 11) is 0. The van der Waals surface area contributed by atoms with Crippen molar-refractivity contribution in [3.05, 3.63) is 11.1 Å². The number of thioether (sulfide) groups is 4. The molecule has 0 spiro atoms. The van der Waals surface area contributed by atoms with E-state index in [1.54, 1.807) is 0 Å². The lowest BCUT2D eigenvalue weighted by Crippen LogP contribution is -2.37. The highest BCUT2D eigenvalue weighted by Crippen LogP contribution is 2.50. The minimum absolute atomic E-state index is 0.0955. The Bertz CT molecular complexity index is 717. The number of aliphatic hydroxyl groups excluding tert-OH is 5. The molecule has 0 saturated carbocycles. The zero-order chi connectivity index (χ0) is 22.3. The van der Waals surface area contributed by atoms with Crippen molar-refractivity contribution in [2.24, 2.45) is 0 Å². The van der Waals surface area contributed by atoms with Crippen LogP contribution in [0.1, 0.15) is 27.6 Å². The van der Waals surface area contributed by atoms with E-state index in [-0.39, 0.29) is 37.6 Å². The van der Waals surface area contributed by atoms with Gasteiger partial charge in [-0.1, -0.05) is 0 Å². The highest BCUT2D eigenvalue weighted by molar-refractivity contribution is 8.04. The van der Waals surface area contributed by atoms with E-state index in [9.17, 15) is 35.1 Å². The zero-order valence-corrected chi connectivity index (χ0v) is 19.6. The fourth-order valence-electron chi connectivity index (χ4n) is 2.87. The first-order valence-electron chi connectivity index (χ1n) is 9.19. The monoisotopic (exact) mass is 495 g/mol. The van der Waals surface area contributed by atoms with Crippen molar-refractivity contribution in [2.75, 3.05) is 49.4 Å². The van der Waals surface area contributed by atoms with Crippen molar-refractivity contribution in [3.8, 4) is 0 Å². The Morgan fingerprint density at radius 3 is 1.23 bits per heavy atom. The summed E-state index contributed by atoms with van der Waals surface area (Å²) in [5, 5.41) is 47.4. The number of rotatable bonds is 13. The molecule has 0 saturated heterocycles. The van der Waals surface area contributed by atoms with E-state index in [0.29, 0.717) is 42.6 Å². The molecule has 1 aliphatic heterocycles. The molecule has 1 aliphatic rings.